The van der Waals surface area contributed by atoms with Gasteiger partial charge in [-0.3, -0.25) is 0 Å². The Bertz CT molecular complexity index is 572. The fourth-order valence-electron chi connectivity index (χ4n) is 2.00. The van der Waals surface area contributed by atoms with Crippen LogP contribution in [0.5, 0.6) is 0 Å². The molecule has 0 bridgehead atoms. The molecule has 0 unspecified atom stereocenters. The predicted molar refractivity (Wildman–Crippen MR) is 82.4 cm³/mol. The van der Waals surface area contributed by atoms with E-state index < -0.39 is 0 Å². The summed E-state index contributed by atoms with van der Waals surface area (Å²) in [6, 6.07) is 8.35. The van der Waals surface area contributed by atoms with Gasteiger partial charge in [0.1, 0.15) is 11.3 Å². The van der Waals surface area contributed by atoms with Crippen LogP contribution in [0.1, 0.15) is 38.5 Å². The molecular weight excluding hydrogens is 234 g/mol. The van der Waals surface area contributed by atoms with Gasteiger partial charge in [0.25, 0.3) is 0 Å². The third kappa shape index (κ3) is 4.25. The number of fused-ring (bicyclic) bond motifs is 1. The van der Waals surface area contributed by atoms with Crippen LogP contribution in [0.3, 0.4) is 0 Å². The number of benzene rings is 1. The highest BCUT2D eigenvalue weighted by molar-refractivity contribution is 5.80. The molecule has 2 heteroatoms. The molecule has 0 saturated heterocycles. The highest BCUT2D eigenvalue weighted by Crippen LogP contribution is 2.21. The van der Waals surface area contributed by atoms with E-state index in [-0.39, 0.29) is 5.54 Å². The molecule has 1 aromatic carbocycles. The Hall–Kier alpha value is -1.54. The SMILES string of the molecule is Cc1ccc2oc(/C=C/CCNC(C)(C)C)cc2c1. The minimum Gasteiger partial charge on any atom is -0.457 e. The van der Waals surface area contributed by atoms with Crippen LogP contribution in [-0.4, -0.2) is 12.1 Å². The first-order chi connectivity index (χ1) is 8.94. The second-order valence-corrected chi connectivity index (χ2v) is 6.06. The van der Waals surface area contributed by atoms with Gasteiger partial charge in [0, 0.05) is 10.9 Å². The van der Waals surface area contributed by atoms with Crippen molar-refractivity contribution in [3.8, 4) is 0 Å². The Labute approximate surface area is 115 Å². The average molecular weight is 257 g/mol. The van der Waals surface area contributed by atoms with Gasteiger partial charge in [-0.05, 0) is 64.9 Å². The molecule has 0 atom stereocenters. The summed E-state index contributed by atoms with van der Waals surface area (Å²) in [5.41, 5.74) is 2.40. The van der Waals surface area contributed by atoms with E-state index in [0.29, 0.717) is 0 Å². The van der Waals surface area contributed by atoms with Gasteiger partial charge in [-0.1, -0.05) is 17.7 Å². The van der Waals surface area contributed by atoms with Crippen LogP contribution in [0.2, 0.25) is 0 Å². The molecular formula is C17H23NO. The van der Waals surface area contributed by atoms with Crippen molar-refractivity contribution < 1.29 is 4.42 Å². The van der Waals surface area contributed by atoms with E-state index >= 15 is 0 Å². The van der Waals surface area contributed by atoms with Crippen molar-refractivity contribution in [2.24, 2.45) is 0 Å². The summed E-state index contributed by atoms with van der Waals surface area (Å²) in [4.78, 5) is 0. The van der Waals surface area contributed by atoms with Crippen LogP contribution in [-0.2, 0) is 0 Å². The fraction of sp³-hybridized carbons (Fsp3) is 0.412. The maximum Gasteiger partial charge on any atom is 0.134 e. The molecule has 1 N–H and O–H groups in total. The van der Waals surface area contributed by atoms with Crippen molar-refractivity contribution in [1.29, 1.82) is 0 Å². The van der Waals surface area contributed by atoms with Crippen molar-refractivity contribution in [2.45, 2.75) is 39.7 Å². The van der Waals surface area contributed by atoms with Crippen LogP contribution in [0.4, 0.5) is 0 Å². The second-order valence-electron chi connectivity index (χ2n) is 6.06. The van der Waals surface area contributed by atoms with E-state index in [1.54, 1.807) is 0 Å². The molecule has 0 spiro atoms. The molecule has 0 aliphatic rings. The number of hydrogen-bond acceptors (Lipinski definition) is 2. The van der Waals surface area contributed by atoms with Crippen molar-refractivity contribution in [3.05, 3.63) is 41.7 Å². The maximum absolute atomic E-state index is 5.76. The summed E-state index contributed by atoms with van der Waals surface area (Å²) in [6.45, 7) is 9.62. The van der Waals surface area contributed by atoms with E-state index in [2.05, 4.69) is 63.4 Å². The monoisotopic (exact) mass is 257 g/mol. The lowest BCUT2D eigenvalue weighted by Gasteiger charge is -2.19. The largest absolute Gasteiger partial charge is 0.457 e. The highest BCUT2D eigenvalue weighted by Gasteiger charge is 2.06. The van der Waals surface area contributed by atoms with Crippen molar-refractivity contribution in [1.82, 2.24) is 5.32 Å². The molecule has 2 rings (SSSR count). The number of aryl methyl sites for hydroxylation is 1. The lowest BCUT2D eigenvalue weighted by atomic mass is 10.1. The van der Waals surface area contributed by atoms with Crippen LogP contribution in [0.15, 0.2) is 34.8 Å². The standard InChI is InChI=1S/C17H23NO/c1-13-8-9-16-14(11-13)12-15(19-16)7-5-6-10-18-17(2,3)4/h5,7-9,11-12,18H,6,10H2,1-4H3/b7-5+. The van der Waals surface area contributed by atoms with Gasteiger partial charge < -0.3 is 9.73 Å². The topological polar surface area (TPSA) is 25.2 Å². The molecule has 19 heavy (non-hydrogen) atoms. The number of nitrogens with one attached hydrogen (secondary N) is 1. The van der Waals surface area contributed by atoms with E-state index in [1.807, 2.05) is 6.07 Å². The summed E-state index contributed by atoms with van der Waals surface area (Å²) in [7, 11) is 0. The molecule has 2 aromatic rings. The number of furan rings is 1. The molecule has 2 nitrogen and oxygen atoms in total. The van der Waals surface area contributed by atoms with Gasteiger partial charge in [-0.2, -0.15) is 0 Å². The molecule has 0 saturated carbocycles. The van der Waals surface area contributed by atoms with Crippen molar-refractivity contribution in [2.75, 3.05) is 6.54 Å². The van der Waals surface area contributed by atoms with E-state index in [0.717, 1.165) is 24.3 Å². The Morgan fingerprint density at radius 2 is 2.00 bits per heavy atom. The zero-order valence-electron chi connectivity index (χ0n) is 12.3. The van der Waals surface area contributed by atoms with Crippen molar-refractivity contribution in [3.63, 3.8) is 0 Å². The quantitative estimate of drug-likeness (QED) is 0.814. The van der Waals surface area contributed by atoms with Gasteiger partial charge in [0.15, 0.2) is 0 Å². The van der Waals surface area contributed by atoms with E-state index in [1.165, 1.54) is 10.9 Å². The summed E-state index contributed by atoms with van der Waals surface area (Å²) in [6.07, 6.45) is 5.22. The first-order valence-corrected chi connectivity index (χ1v) is 6.86. The van der Waals surface area contributed by atoms with Gasteiger partial charge in [-0.25, -0.2) is 0 Å². The first-order valence-electron chi connectivity index (χ1n) is 6.86. The van der Waals surface area contributed by atoms with Crippen molar-refractivity contribution >= 4 is 17.0 Å². The van der Waals surface area contributed by atoms with Crippen LogP contribution >= 0.6 is 0 Å². The van der Waals surface area contributed by atoms with Crippen LogP contribution < -0.4 is 5.32 Å². The van der Waals surface area contributed by atoms with Gasteiger partial charge in [0.05, 0.1) is 0 Å². The maximum atomic E-state index is 5.76. The summed E-state index contributed by atoms with van der Waals surface area (Å²) in [5.74, 6) is 0.927. The third-order valence-corrected chi connectivity index (χ3v) is 2.94. The molecule has 102 valence electrons. The zero-order chi connectivity index (χ0) is 13.9. The van der Waals surface area contributed by atoms with Gasteiger partial charge in [-0.15, -0.1) is 0 Å². The number of rotatable bonds is 4. The fourth-order valence-corrected chi connectivity index (χ4v) is 2.00. The lowest BCUT2D eigenvalue weighted by molar-refractivity contribution is 0.431. The minimum absolute atomic E-state index is 0.185. The Kier molecular flexibility index (Phi) is 4.11. The minimum atomic E-state index is 0.185. The first kappa shape index (κ1) is 13.9. The predicted octanol–water partition coefficient (Wildman–Crippen LogP) is 4.53. The number of hydrogen-bond donors (Lipinski definition) is 1. The second kappa shape index (κ2) is 5.62. The lowest BCUT2D eigenvalue weighted by Crippen LogP contribution is -2.36. The summed E-state index contributed by atoms with van der Waals surface area (Å²) in [5, 5.41) is 4.63. The average Bonchev–Trinajstić information content (AvgIpc) is 2.68. The molecule has 0 radical (unpaired) electrons. The molecule has 0 aliphatic heterocycles. The molecule has 1 heterocycles. The normalized spacial score (nSPS) is 12.6. The van der Waals surface area contributed by atoms with Crippen LogP contribution in [0.25, 0.3) is 17.0 Å². The van der Waals surface area contributed by atoms with Crippen LogP contribution in [0, 0.1) is 6.92 Å². The third-order valence-electron chi connectivity index (χ3n) is 2.94. The Morgan fingerprint density at radius 1 is 1.21 bits per heavy atom. The molecule has 0 aliphatic carbocycles. The van der Waals surface area contributed by atoms with Gasteiger partial charge >= 0.3 is 0 Å². The van der Waals surface area contributed by atoms with Gasteiger partial charge in [0.2, 0.25) is 0 Å². The molecule has 1 aromatic heterocycles. The summed E-state index contributed by atoms with van der Waals surface area (Å²) >= 11 is 0. The zero-order valence-corrected chi connectivity index (χ0v) is 12.3. The molecule has 0 amide bonds. The Morgan fingerprint density at radius 3 is 2.74 bits per heavy atom. The summed E-state index contributed by atoms with van der Waals surface area (Å²) < 4.78 is 5.76. The highest BCUT2D eigenvalue weighted by atomic mass is 16.3. The van der Waals surface area contributed by atoms with E-state index in [4.69, 9.17) is 4.42 Å². The smallest absolute Gasteiger partial charge is 0.134 e. The van der Waals surface area contributed by atoms with E-state index in [9.17, 15) is 0 Å². The molecule has 0 fully saturated rings. The Balaban J connectivity index is 1.94.